The van der Waals surface area contributed by atoms with Gasteiger partial charge in [0.1, 0.15) is 5.65 Å². The Morgan fingerprint density at radius 2 is 1.67 bits per heavy atom. The highest BCUT2D eigenvalue weighted by atomic mass is 19.4. The molecule has 0 saturated heterocycles. The molecule has 1 atom stereocenters. The van der Waals surface area contributed by atoms with Crippen molar-refractivity contribution in [3.05, 3.63) is 59.9 Å². The molecule has 2 aromatic heterocycles. The molecule has 0 fully saturated rings. The maximum atomic E-state index is 13.3. The van der Waals surface area contributed by atoms with E-state index in [0.29, 0.717) is 0 Å². The fourth-order valence-electron chi connectivity index (χ4n) is 3.56. The van der Waals surface area contributed by atoms with Crippen molar-refractivity contribution in [1.82, 2.24) is 9.38 Å². The SMILES string of the molecule is CC(c1ccc2c(c1)c1cc(C(C)(C)C)ccc1c1nccn21)C(F)(F)F. The molecule has 0 spiro atoms. The summed E-state index contributed by atoms with van der Waals surface area (Å²) in [5.74, 6) is -1.51. The van der Waals surface area contributed by atoms with Gasteiger partial charge in [0.2, 0.25) is 0 Å². The molecular weight excluding hydrogens is 349 g/mol. The number of hydrogen-bond acceptors (Lipinski definition) is 1. The van der Waals surface area contributed by atoms with Crippen LogP contribution in [0.5, 0.6) is 0 Å². The number of halogens is 3. The molecule has 0 aliphatic rings. The van der Waals surface area contributed by atoms with E-state index >= 15 is 0 Å². The Kier molecular flexibility index (Phi) is 3.78. The van der Waals surface area contributed by atoms with E-state index in [1.165, 1.54) is 6.92 Å². The fraction of sp³-hybridized carbons (Fsp3) is 0.318. The molecular formula is C22H21F3N2. The molecule has 2 heterocycles. The highest BCUT2D eigenvalue weighted by molar-refractivity contribution is 6.12. The fourth-order valence-corrected chi connectivity index (χ4v) is 3.56. The zero-order chi connectivity index (χ0) is 19.6. The van der Waals surface area contributed by atoms with E-state index < -0.39 is 12.1 Å². The van der Waals surface area contributed by atoms with Crippen molar-refractivity contribution >= 4 is 27.3 Å². The van der Waals surface area contributed by atoms with Crippen LogP contribution in [0.1, 0.15) is 44.7 Å². The number of benzene rings is 2. The molecule has 2 nitrogen and oxygen atoms in total. The number of aromatic nitrogens is 2. The average Bonchev–Trinajstić information content (AvgIpc) is 3.08. The molecule has 140 valence electrons. The van der Waals surface area contributed by atoms with Crippen LogP contribution in [0.3, 0.4) is 0 Å². The molecule has 5 heteroatoms. The van der Waals surface area contributed by atoms with Gasteiger partial charge in [-0.2, -0.15) is 13.2 Å². The van der Waals surface area contributed by atoms with Crippen LogP contribution in [0.15, 0.2) is 48.8 Å². The Bertz CT molecular complexity index is 1160. The molecule has 1 unspecified atom stereocenters. The second kappa shape index (κ2) is 5.72. The highest BCUT2D eigenvalue weighted by Crippen LogP contribution is 2.38. The first-order valence-electron chi connectivity index (χ1n) is 8.97. The van der Waals surface area contributed by atoms with Crippen LogP contribution in [-0.2, 0) is 5.41 Å². The number of imidazole rings is 1. The summed E-state index contributed by atoms with van der Waals surface area (Å²) in [7, 11) is 0. The van der Waals surface area contributed by atoms with Crippen molar-refractivity contribution in [2.45, 2.75) is 45.2 Å². The van der Waals surface area contributed by atoms with Gasteiger partial charge in [0, 0.05) is 23.2 Å². The van der Waals surface area contributed by atoms with Crippen molar-refractivity contribution in [2.24, 2.45) is 0 Å². The Balaban J connectivity index is 2.12. The van der Waals surface area contributed by atoms with Crippen molar-refractivity contribution in [1.29, 1.82) is 0 Å². The molecule has 0 aliphatic heterocycles. The van der Waals surface area contributed by atoms with Gasteiger partial charge in [-0.05, 0) is 47.1 Å². The zero-order valence-electron chi connectivity index (χ0n) is 15.7. The van der Waals surface area contributed by atoms with Crippen LogP contribution in [0.2, 0.25) is 0 Å². The lowest BCUT2D eigenvalue weighted by molar-refractivity contribution is -0.146. The Morgan fingerprint density at radius 3 is 2.33 bits per heavy atom. The van der Waals surface area contributed by atoms with Crippen LogP contribution in [-0.4, -0.2) is 15.6 Å². The van der Waals surface area contributed by atoms with E-state index in [-0.39, 0.29) is 11.0 Å². The topological polar surface area (TPSA) is 17.3 Å². The zero-order valence-corrected chi connectivity index (χ0v) is 15.7. The second-order valence-corrected chi connectivity index (χ2v) is 8.17. The minimum atomic E-state index is -4.26. The third-order valence-electron chi connectivity index (χ3n) is 5.33. The maximum absolute atomic E-state index is 13.3. The first kappa shape index (κ1) is 17.8. The van der Waals surface area contributed by atoms with Crippen LogP contribution in [0.25, 0.3) is 27.3 Å². The van der Waals surface area contributed by atoms with E-state index in [4.69, 9.17) is 0 Å². The summed E-state index contributed by atoms with van der Waals surface area (Å²) >= 11 is 0. The van der Waals surface area contributed by atoms with Crippen molar-refractivity contribution in [3.63, 3.8) is 0 Å². The third-order valence-corrected chi connectivity index (χ3v) is 5.33. The standard InChI is InChI=1S/C22H21F3N2/c1-13(22(23,24)25)14-5-8-19-18(11-14)17-12-15(21(2,3)4)6-7-16(17)20-26-9-10-27(19)20/h5-13H,1-4H3. The molecule has 2 aromatic carbocycles. The van der Waals surface area contributed by atoms with Gasteiger partial charge in [-0.25, -0.2) is 4.98 Å². The highest BCUT2D eigenvalue weighted by Gasteiger charge is 2.37. The lowest BCUT2D eigenvalue weighted by Crippen LogP contribution is -2.17. The number of hydrogen-bond donors (Lipinski definition) is 0. The van der Waals surface area contributed by atoms with Gasteiger partial charge in [-0.1, -0.05) is 39.0 Å². The van der Waals surface area contributed by atoms with E-state index in [1.54, 1.807) is 24.4 Å². The summed E-state index contributed by atoms with van der Waals surface area (Å²) in [6.45, 7) is 7.59. The van der Waals surface area contributed by atoms with E-state index in [0.717, 1.165) is 32.9 Å². The molecule has 4 rings (SSSR count). The lowest BCUT2D eigenvalue weighted by atomic mass is 9.85. The van der Waals surface area contributed by atoms with Gasteiger partial charge >= 0.3 is 6.18 Å². The molecule has 0 aliphatic carbocycles. The summed E-state index contributed by atoms with van der Waals surface area (Å²) in [5.41, 5.74) is 3.03. The van der Waals surface area contributed by atoms with Gasteiger partial charge in [-0.3, -0.25) is 4.40 Å². The van der Waals surface area contributed by atoms with Crippen molar-refractivity contribution in [3.8, 4) is 0 Å². The average molecular weight is 370 g/mol. The van der Waals surface area contributed by atoms with Gasteiger partial charge in [0.05, 0.1) is 11.4 Å². The summed E-state index contributed by atoms with van der Waals surface area (Å²) in [4.78, 5) is 4.47. The van der Waals surface area contributed by atoms with Crippen LogP contribution in [0.4, 0.5) is 13.2 Å². The van der Waals surface area contributed by atoms with Crippen molar-refractivity contribution < 1.29 is 13.2 Å². The van der Waals surface area contributed by atoms with Crippen molar-refractivity contribution in [2.75, 3.05) is 0 Å². The van der Waals surface area contributed by atoms with E-state index in [2.05, 4.69) is 37.9 Å². The first-order valence-corrected chi connectivity index (χ1v) is 8.97. The number of fused-ring (bicyclic) bond motifs is 6. The normalized spacial score (nSPS) is 14.3. The molecule has 27 heavy (non-hydrogen) atoms. The predicted molar refractivity (Wildman–Crippen MR) is 103 cm³/mol. The quantitative estimate of drug-likeness (QED) is 0.345. The van der Waals surface area contributed by atoms with Gasteiger partial charge < -0.3 is 0 Å². The minimum Gasteiger partial charge on any atom is -0.299 e. The summed E-state index contributed by atoms with van der Waals surface area (Å²) in [5, 5.41) is 2.69. The number of pyridine rings is 1. The number of alkyl halides is 3. The van der Waals surface area contributed by atoms with Crippen LogP contribution >= 0.6 is 0 Å². The minimum absolute atomic E-state index is 0.0566. The molecule has 0 saturated carbocycles. The van der Waals surface area contributed by atoms with Gasteiger partial charge in [-0.15, -0.1) is 0 Å². The Hall–Kier alpha value is -2.56. The van der Waals surface area contributed by atoms with Crippen LogP contribution < -0.4 is 0 Å². The third kappa shape index (κ3) is 2.85. The monoisotopic (exact) mass is 370 g/mol. The van der Waals surface area contributed by atoms with Gasteiger partial charge in [0.25, 0.3) is 0 Å². The molecule has 0 N–H and O–H groups in total. The largest absolute Gasteiger partial charge is 0.395 e. The second-order valence-electron chi connectivity index (χ2n) is 8.17. The summed E-state index contributed by atoms with van der Waals surface area (Å²) < 4.78 is 41.7. The number of nitrogens with zero attached hydrogens (tertiary/aromatic N) is 2. The molecule has 4 aromatic rings. The molecule has 0 amide bonds. The van der Waals surface area contributed by atoms with Gasteiger partial charge in [0.15, 0.2) is 0 Å². The Morgan fingerprint density at radius 1 is 0.926 bits per heavy atom. The van der Waals surface area contributed by atoms with E-state index in [9.17, 15) is 13.2 Å². The van der Waals surface area contributed by atoms with Crippen LogP contribution in [0, 0.1) is 0 Å². The Labute approximate surface area is 155 Å². The first-order chi connectivity index (χ1) is 12.6. The van der Waals surface area contributed by atoms with E-state index in [1.807, 2.05) is 16.7 Å². The summed E-state index contributed by atoms with van der Waals surface area (Å²) in [6.07, 6.45) is -0.696. The maximum Gasteiger partial charge on any atom is 0.395 e. The number of rotatable bonds is 1. The lowest BCUT2D eigenvalue weighted by Gasteiger charge is -2.21. The smallest absolute Gasteiger partial charge is 0.299 e. The molecule has 0 radical (unpaired) electrons. The summed E-state index contributed by atoms with van der Waals surface area (Å²) in [6, 6.07) is 11.2. The predicted octanol–water partition coefficient (Wildman–Crippen LogP) is 6.60. The molecule has 0 bridgehead atoms.